The minimum atomic E-state index is -0.665. The third-order valence-electron chi connectivity index (χ3n) is 4.70. The fourth-order valence-corrected chi connectivity index (χ4v) is 3.08. The van der Waals surface area contributed by atoms with Gasteiger partial charge < -0.3 is 25.1 Å². The zero-order valence-corrected chi connectivity index (χ0v) is 16.0. The van der Waals surface area contributed by atoms with Crippen LogP contribution in [0.15, 0.2) is 60.4 Å². The first-order valence-corrected chi connectivity index (χ1v) is 9.17. The SMILES string of the molecule is COC(=O)c1ccc([C@H]2C=C(C(N)=O)O[C@@H](OCc3ccc(CO)cc3)C2)cc1. The second-order valence-electron chi connectivity index (χ2n) is 6.68. The summed E-state index contributed by atoms with van der Waals surface area (Å²) < 4.78 is 16.2. The van der Waals surface area contributed by atoms with Gasteiger partial charge in [-0.1, -0.05) is 36.4 Å². The molecule has 1 aliphatic heterocycles. The van der Waals surface area contributed by atoms with Crippen molar-refractivity contribution in [2.75, 3.05) is 7.11 Å². The number of aliphatic hydroxyl groups is 1. The Morgan fingerprint density at radius 1 is 1.10 bits per heavy atom. The lowest BCUT2D eigenvalue weighted by molar-refractivity contribution is -0.148. The summed E-state index contributed by atoms with van der Waals surface area (Å²) in [6.45, 7) is 0.270. The van der Waals surface area contributed by atoms with Crippen molar-refractivity contribution in [3.63, 3.8) is 0 Å². The van der Waals surface area contributed by atoms with E-state index >= 15 is 0 Å². The smallest absolute Gasteiger partial charge is 0.337 e. The molecule has 0 bridgehead atoms. The number of hydrogen-bond donors (Lipinski definition) is 2. The number of amides is 1. The third kappa shape index (κ3) is 5.22. The highest BCUT2D eigenvalue weighted by Crippen LogP contribution is 2.32. The van der Waals surface area contributed by atoms with E-state index in [1.54, 1.807) is 18.2 Å². The maximum Gasteiger partial charge on any atom is 0.337 e. The van der Waals surface area contributed by atoms with Crippen molar-refractivity contribution in [1.29, 1.82) is 0 Å². The van der Waals surface area contributed by atoms with E-state index in [0.29, 0.717) is 12.0 Å². The summed E-state index contributed by atoms with van der Waals surface area (Å²) in [5.74, 6) is -1.18. The molecule has 0 fully saturated rings. The standard InChI is InChI=1S/C22H23NO6/c1-27-22(26)17-8-6-16(7-9-17)18-10-19(21(23)25)29-20(11-18)28-13-15-4-2-14(12-24)3-5-15/h2-10,18,20,24H,11-13H2,1H3,(H2,23,25)/t18-,20+/m0/s1. The molecular formula is C22H23NO6. The molecule has 3 rings (SSSR count). The van der Waals surface area contributed by atoms with Crippen LogP contribution in [0, 0.1) is 0 Å². The number of nitrogens with two attached hydrogens (primary N) is 1. The fourth-order valence-electron chi connectivity index (χ4n) is 3.08. The zero-order chi connectivity index (χ0) is 20.8. The first-order chi connectivity index (χ1) is 14.0. The molecule has 0 saturated carbocycles. The predicted molar refractivity (Wildman–Crippen MR) is 104 cm³/mol. The van der Waals surface area contributed by atoms with E-state index in [0.717, 1.165) is 16.7 Å². The summed E-state index contributed by atoms with van der Waals surface area (Å²) in [5, 5.41) is 9.12. The van der Waals surface area contributed by atoms with Gasteiger partial charge >= 0.3 is 5.97 Å². The van der Waals surface area contributed by atoms with Gasteiger partial charge in [0.2, 0.25) is 6.29 Å². The van der Waals surface area contributed by atoms with Gasteiger partial charge in [0.1, 0.15) is 0 Å². The van der Waals surface area contributed by atoms with Gasteiger partial charge in [-0.25, -0.2) is 4.79 Å². The average molecular weight is 397 g/mol. The second-order valence-corrected chi connectivity index (χ2v) is 6.68. The topological polar surface area (TPSA) is 108 Å². The Hall–Kier alpha value is -3.16. The maximum atomic E-state index is 11.7. The molecule has 0 aliphatic carbocycles. The number of hydrogen-bond acceptors (Lipinski definition) is 6. The molecule has 0 unspecified atom stereocenters. The first-order valence-electron chi connectivity index (χ1n) is 9.17. The number of allylic oxidation sites excluding steroid dienone is 1. The minimum absolute atomic E-state index is 0.0178. The van der Waals surface area contributed by atoms with E-state index in [2.05, 4.69) is 0 Å². The first kappa shape index (κ1) is 20.6. The summed E-state index contributed by atoms with van der Waals surface area (Å²) in [7, 11) is 1.33. The lowest BCUT2D eigenvalue weighted by atomic mass is 9.92. The summed E-state index contributed by atoms with van der Waals surface area (Å²) in [6, 6.07) is 14.3. The van der Waals surface area contributed by atoms with Gasteiger partial charge in [-0.3, -0.25) is 4.79 Å². The van der Waals surface area contributed by atoms with Crippen molar-refractivity contribution >= 4 is 11.9 Å². The van der Waals surface area contributed by atoms with Crippen LogP contribution in [-0.4, -0.2) is 30.4 Å². The minimum Gasteiger partial charge on any atom is -0.465 e. The molecule has 2 aromatic carbocycles. The zero-order valence-electron chi connectivity index (χ0n) is 16.0. The monoisotopic (exact) mass is 397 g/mol. The highest BCUT2D eigenvalue weighted by Gasteiger charge is 2.28. The Morgan fingerprint density at radius 2 is 1.76 bits per heavy atom. The van der Waals surface area contributed by atoms with Crippen LogP contribution in [-0.2, 0) is 32.2 Å². The number of carbonyl (C=O) groups is 2. The molecular weight excluding hydrogens is 374 g/mol. The summed E-state index contributed by atoms with van der Waals surface area (Å²) >= 11 is 0. The van der Waals surface area contributed by atoms with Gasteiger partial charge in [0.05, 0.1) is 25.9 Å². The molecule has 2 atom stereocenters. The van der Waals surface area contributed by atoms with E-state index in [1.165, 1.54) is 7.11 Å². The van der Waals surface area contributed by atoms with Crippen LogP contribution in [0.1, 0.15) is 39.4 Å². The van der Waals surface area contributed by atoms with E-state index < -0.39 is 18.2 Å². The number of rotatable bonds is 7. The molecule has 0 radical (unpaired) electrons. The normalized spacial score (nSPS) is 18.5. The highest BCUT2D eigenvalue weighted by molar-refractivity contribution is 5.90. The van der Waals surface area contributed by atoms with Crippen molar-refractivity contribution in [1.82, 2.24) is 0 Å². The summed E-state index contributed by atoms with van der Waals surface area (Å²) in [5.41, 5.74) is 8.50. The van der Waals surface area contributed by atoms with Crippen LogP contribution in [0.4, 0.5) is 0 Å². The Bertz CT molecular complexity index is 889. The third-order valence-corrected chi connectivity index (χ3v) is 4.70. The number of benzene rings is 2. The van der Waals surface area contributed by atoms with E-state index in [4.69, 9.17) is 25.1 Å². The van der Waals surface area contributed by atoms with Crippen LogP contribution in [0.25, 0.3) is 0 Å². The lowest BCUT2D eigenvalue weighted by Crippen LogP contribution is -2.29. The Kier molecular flexibility index (Phi) is 6.64. The molecule has 2 aromatic rings. The molecule has 152 valence electrons. The number of aliphatic hydroxyl groups excluding tert-OH is 1. The molecule has 7 heteroatoms. The molecule has 1 amide bonds. The number of methoxy groups -OCH3 is 1. The molecule has 0 spiro atoms. The van der Waals surface area contributed by atoms with Gasteiger partial charge in [-0.2, -0.15) is 0 Å². The van der Waals surface area contributed by atoms with Crippen molar-refractivity contribution in [3.8, 4) is 0 Å². The predicted octanol–water partition coefficient (Wildman–Crippen LogP) is 2.38. The van der Waals surface area contributed by atoms with Crippen molar-refractivity contribution in [3.05, 3.63) is 82.6 Å². The number of carbonyl (C=O) groups excluding carboxylic acids is 2. The van der Waals surface area contributed by atoms with Gasteiger partial charge in [0.25, 0.3) is 5.91 Å². The van der Waals surface area contributed by atoms with Crippen LogP contribution in [0.3, 0.4) is 0 Å². The number of primary amides is 1. The molecule has 7 nitrogen and oxygen atoms in total. The van der Waals surface area contributed by atoms with E-state index in [1.807, 2.05) is 36.4 Å². The molecule has 29 heavy (non-hydrogen) atoms. The second kappa shape index (κ2) is 9.36. The Balaban J connectivity index is 1.71. The quantitative estimate of drug-likeness (QED) is 0.695. The van der Waals surface area contributed by atoms with Crippen molar-refractivity contribution < 1.29 is 28.9 Å². The molecule has 1 aliphatic rings. The molecule has 0 aromatic heterocycles. The largest absolute Gasteiger partial charge is 0.465 e. The average Bonchev–Trinajstić information content (AvgIpc) is 2.77. The van der Waals surface area contributed by atoms with Crippen LogP contribution in [0.5, 0.6) is 0 Å². The molecule has 0 saturated heterocycles. The summed E-state index contributed by atoms with van der Waals surface area (Å²) in [6.07, 6.45) is 1.51. The van der Waals surface area contributed by atoms with Crippen molar-refractivity contribution in [2.24, 2.45) is 5.73 Å². The highest BCUT2D eigenvalue weighted by atomic mass is 16.7. The van der Waals surface area contributed by atoms with Crippen molar-refractivity contribution in [2.45, 2.75) is 31.8 Å². The van der Waals surface area contributed by atoms with Crippen LogP contribution in [0.2, 0.25) is 0 Å². The summed E-state index contributed by atoms with van der Waals surface area (Å²) in [4.78, 5) is 23.3. The van der Waals surface area contributed by atoms with Gasteiger partial charge in [0, 0.05) is 12.3 Å². The Labute approximate surface area is 168 Å². The van der Waals surface area contributed by atoms with Crippen LogP contribution >= 0.6 is 0 Å². The van der Waals surface area contributed by atoms with E-state index in [9.17, 15) is 9.59 Å². The van der Waals surface area contributed by atoms with Crippen LogP contribution < -0.4 is 5.73 Å². The Morgan fingerprint density at radius 3 is 2.34 bits per heavy atom. The van der Waals surface area contributed by atoms with Gasteiger partial charge in [-0.15, -0.1) is 0 Å². The maximum absolute atomic E-state index is 11.7. The molecule has 1 heterocycles. The number of esters is 1. The van der Waals surface area contributed by atoms with Gasteiger partial charge in [0.15, 0.2) is 5.76 Å². The fraction of sp³-hybridized carbons (Fsp3) is 0.273. The molecule has 3 N–H and O–H groups in total. The van der Waals surface area contributed by atoms with Gasteiger partial charge in [-0.05, 0) is 34.9 Å². The lowest BCUT2D eigenvalue weighted by Gasteiger charge is -2.28. The number of ether oxygens (including phenoxy) is 3. The van der Waals surface area contributed by atoms with E-state index in [-0.39, 0.29) is 24.9 Å².